The van der Waals surface area contributed by atoms with Crippen molar-refractivity contribution in [2.45, 2.75) is 16.5 Å². The fourth-order valence-corrected chi connectivity index (χ4v) is 4.71. The van der Waals surface area contributed by atoms with Crippen LogP contribution in [0.2, 0.25) is 4.34 Å². The number of hydrogen-bond acceptors (Lipinski definition) is 3. The zero-order valence-corrected chi connectivity index (χ0v) is 13.8. The van der Waals surface area contributed by atoms with Gasteiger partial charge in [0.25, 0.3) is 0 Å². The molecular formula is C13H13Cl2NO2S2. The number of thiophene rings is 1. The first kappa shape index (κ1) is 15.8. The summed E-state index contributed by atoms with van der Waals surface area (Å²) < 4.78 is 27.4. The van der Waals surface area contributed by atoms with Crippen LogP contribution >= 0.6 is 34.5 Å². The highest BCUT2D eigenvalue weighted by molar-refractivity contribution is 7.91. The van der Waals surface area contributed by atoms with E-state index in [1.54, 1.807) is 13.0 Å². The number of benzene rings is 1. The van der Waals surface area contributed by atoms with E-state index in [4.69, 9.17) is 23.2 Å². The highest BCUT2D eigenvalue weighted by Crippen LogP contribution is 2.30. The van der Waals surface area contributed by atoms with Crippen LogP contribution < -0.4 is 4.72 Å². The van der Waals surface area contributed by atoms with Crippen LogP contribution in [-0.4, -0.2) is 15.0 Å². The van der Waals surface area contributed by atoms with Gasteiger partial charge in [-0.15, -0.1) is 22.9 Å². The molecule has 0 aliphatic heterocycles. The minimum atomic E-state index is -3.57. The summed E-state index contributed by atoms with van der Waals surface area (Å²) in [7, 11) is -3.57. The zero-order chi connectivity index (χ0) is 14.8. The normalized spacial score (nSPS) is 13.3. The lowest BCUT2D eigenvalue weighted by molar-refractivity contribution is 0.583. The van der Waals surface area contributed by atoms with Crippen molar-refractivity contribution < 1.29 is 8.42 Å². The quantitative estimate of drug-likeness (QED) is 0.830. The Kier molecular flexibility index (Phi) is 5.09. The average Bonchev–Trinajstić information content (AvgIpc) is 2.78. The third-order valence-electron chi connectivity index (χ3n) is 2.71. The van der Waals surface area contributed by atoms with E-state index >= 15 is 0 Å². The van der Waals surface area contributed by atoms with Crippen molar-refractivity contribution in [1.29, 1.82) is 0 Å². The Hall–Kier alpha value is -0.590. The van der Waals surface area contributed by atoms with Gasteiger partial charge >= 0.3 is 0 Å². The highest BCUT2D eigenvalue weighted by Gasteiger charge is 2.20. The summed E-state index contributed by atoms with van der Waals surface area (Å²) >= 11 is 13.1. The molecule has 0 saturated heterocycles. The third-order valence-corrected chi connectivity index (χ3v) is 6.57. The van der Waals surface area contributed by atoms with E-state index in [2.05, 4.69) is 4.72 Å². The van der Waals surface area contributed by atoms with E-state index in [0.29, 0.717) is 4.34 Å². The Morgan fingerprint density at radius 3 is 2.50 bits per heavy atom. The van der Waals surface area contributed by atoms with Crippen LogP contribution in [0.3, 0.4) is 0 Å². The molecule has 0 saturated carbocycles. The van der Waals surface area contributed by atoms with Gasteiger partial charge in [0.2, 0.25) is 10.0 Å². The van der Waals surface area contributed by atoms with Crippen LogP contribution in [0.5, 0.6) is 0 Å². The van der Waals surface area contributed by atoms with Gasteiger partial charge in [0.15, 0.2) is 0 Å². The number of sulfonamides is 1. The monoisotopic (exact) mass is 349 g/mol. The van der Waals surface area contributed by atoms with Gasteiger partial charge in [-0.25, -0.2) is 13.1 Å². The topological polar surface area (TPSA) is 46.2 Å². The maximum atomic E-state index is 12.1. The fraction of sp³-hybridized carbons (Fsp3) is 0.231. The number of hydrogen-bond donors (Lipinski definition) is 1. The Labute approximate surface area is 132 Å². The molecule has 1 aromatic carbocycles. The van der Waals surface area contributed by atoms with Crippen molar-refractivity contribution in [2.24, 2.45) is 0 Å². The van der Waals surface area contributed by atoms with Crippen molar-refractivity contribution in [3.8, 4) is 0 Å². The first-order valence-electron chi connectivity index (χ1n) is 5.85. The smallest absolute Gasteiger partial charge is 0.209 e. The van der Waals surface area contributed by atoms with Crippen LogP contribution in [0.25, 0.3) is 0 Å². The molecule has 1 heterocycles. The maximum absolute atomic E-state index is 12.1. The lowest BCUT2D eigenvalue weighted by atomic mass is 10.1. The molecule has 1 N–H and O–H groups in total. The van der Waals surface area contributed by atoms with Crippen LogP contribution in [-0.2, 0) is 10.0 Å². The molecule has 0 aliphatic carbocycles. The lowest BCUT2D eigenvalue weighted by Crippen LogP contribution is -2.26. The number of halogens is 2. The van der Waals surface area contributed by atoms with Gasteiger partial charge in [-0.3, -0.25) is 0 Å². The molecule has 0 fully saturated rings. The summed E-state index contributed by atoms with van der Waals surface area (Å²) in [5, 5.41) is -0.414. The van der Waals surface area contributed by atoms with Gasteiger partial charge in [0.05, 0.1) is 9.71 Å². The molecule has 0 bridgehead atoms. The average molecular weight is 350 g/mol. The fourth-order valence-electron chi connectivity index (χ4n) is 1.60. The summed E-state index contributed by atoms with van der Waals surface area (Å²) in [6, 6.07) is 10.9. The first-order chi connectivity index (χ1) is 9.40. The van der Waals surface area contributed by atoms with Gasteiger partial charge in [0.1, 0.15) is 4.21 Å². The van der Waals surface area contributed by atoms with Crippen molar-refractivity contribution >= 4 is 44.6 Å². The molecule has 0 radical (unpaired) electrons. The Morgan fingerprint density at radius 1 is 1.30 bits per heavy atom. The Balaban J connectivity index is 2.06. The van der Waals surface area contributed by atoms with Gasteiger partial charge in [-0.2, -0.15) is 0 Å². The second-order valence-corrected chi connectivity index (χ2v) is 8.43. The van der Waals surface area contributed by atoms with Crippen molar-refractivity contribution in [1.82, 2.24) is 4.72 Å². The summed E-state index contributed by atoms with van der Waals surface area (Å²) in [5.41, 5.74) is 1.62. The molecule has 1 aromatic heterocycles. The first-order valence-corrected chi connectivity index (χ1v) is 8.96. The van der Waals surface area contributed by atoms with Crippen LogP contribution in [0, 0.1) is 6.92 Å². The molecule has 2 aromatic rings. The van der Waals surface area contributed by atoms with E-state index in [-0.39, 0.29) is 10.8 Å². The Morgan fingerprint density at radius 2 is 1.95 bits per heavy atom. The van der Waals surface area contributed by atoms with E-state index in [9.17, 15) is 8.42 Å². The van der Waals surface area contributed by atoms with Gasteiger partial charge in [-0.1, -0.05) is 41.9 Å². The van der Waals surface area contributed by atoms with Crippen LogP contribution in [0.4, 0.5) is 0 Å². The van der Waals surface area contributed by atoms with Crippen molar-refractivity contribution in [3.63, 3.8) is 0 Å². The van der Waals surface area contributed by atoms with Crippen LogP contribution in [0.15, 0.2) is 40.6 Å². The SMILES string of the molecule is Cc1cc(S(=O)(=O)NCC(Cl)c2ccccc2)sc1Cl. The van der Waals surface area contributed by atoms with E-state index in [1.807, 2.05) is 30.3 Å². The summed E-state index contributed by atoms with van der Waals surface area (Å²) in [4.78, 5) is 0. The van der Waals surface area contributed by atoms with E-state index < -0.39 is 15.4 Å². The molecule has 7 heteroatoms. The molecule has 3 nitrogen and oxygen atoms in total. The predicted molar refractivity (Wildman–Crippen MR) is 84.3 cm³/mol. The number of nitrogens with one attached hydrogen (secondary N) is 1. The Bertz CT molecular complexity index is 664. The lowest BCUT2D eigenvalue weighted by Gasteiger charge is -2.10. The third kappa shape index (κ3) is 3.74. The molecule has 20 heavy (non-hydrogen) atoms. The molecule has 0 aliphatic rings. The summed E-state index contributed by atoms with van der Waals surface area (Å²) in [5.74, 6) is 0. The van der Waals surface area contributed by atoms with Crippen LogP contribution in [0.1, 0.15) is 16.5 Å². The minimum absolute atomic E-state index is 0.127. The van der Waals surface area contributed by atoms with Crippen molar-refractivity contribution in [3.05, 3.63) is 51.9 Å². The molecule has 1 atom stereocenters. The molecule has 1 unspecified atom stereocenters. The molecule has 108 valence electrons. The molecule has 0 spiro atoms. The molecular weight excluding hydrogens is 337 g/mol. The number of alkyl halides is 1. The van der Waals surface area contributed by atoms with Gasteiger partial charge < -0.3 is 0 Å². The van der Waals surface area contributed by atoms with Crippen molar-refractivity contribution in [2.75, 3.05) is 6.54 Å². The maximum Gasteiger partial charge on any atom is 0.250 e. The molecule has 2 rings (SSSR count). The van der Waals surface area contributed by atoms with E-state index in [1.165, 1.54) is 0 Å². The predicted octanol–water partition coefficient (Wildman–Crippen LogP) is 3.97. The summed E-state index contributed by atoms with van der Waals surface area (Å²) in [6.45, 7) is 1.90. The number of rotatable bonds is 5. The zero-order valence-electron chi connectivity index (χ0n) is 10.6. The second-order valence-electron chi connectivity index (χ2n) is 4.25. The van der Waals surface area contributed by atoms with Gasteiger partial charge in [0, 0.05) is 6.54 Å². The number of aryl methyl sites for hydroxylation is 1. The van der Waals surface area contributed by atoms with Gasteiger partial charge in [-0.05, 0) is 24.1 Å². The standard InChI is InChI=1S/C13H13Cl2NO2S2/c1-9-7-12(19-13(9)15)20(17,18)16-8-11(14)10-5-3-2-4-6-10/h2-7,11,16H,8H2,1H3. The second kappa shape index (κ2) is 6.45. The minimum Gasteiger partial charge on any atom is -0.209 e. The largest absolute Gasteiger partial charge is 0.250 e. The molecule has 0 amide bonds. The highest BCUT2D eigenvalue weighted by atomic mass is 35.5. The van der Waals surface area contributed by atoms with E-state index in [0.717, 1.165) is 22.5 Å². The summed E-state index contributed by atoms with van der Waals surface area (Å²) in [6.07, 6.45) is 0.